The van der Waals surface area contributed by atoms with Gasteiger partial charge in [-0.1, -0.05) is 12.1 Å². The summed E-state index contributed by atoms with van der Waals surface area (Å²) in [6.45, 7) is 3.57. The van der Waals surface area contributed by atoms with E-state index in [0.717, 1.165) is 16.9 Å². The van der Waals surface area contributed by atoms with Crippen molar-refractivity contribution in [1.82, 2.24) is 0 Å². The molecule has 0 bridgehead atoms. The number of hydrogen-bond donors (Lipinski definition) is 1. The van der Waals surface area contributed by atoms with Crippen LogP contribution in [0.4, 0.5) is 5.00 Å². The molecule has 0 aliphatic carbocycles. The van der Waals surface area contributed by atoms with Crippen LogP contribution in [0.25, 0.3) is 0 Å². The van der Waals surface area contributed by atoms with Gasteiger partial charge in [0.15, 0.2) is 0 Å². The molecule has 0 amide bonds. The summed E-state index contributed by atoms with van der Waals surface area (Å²) in [6, 6.07) is 8.30. The molecule has 1 aromatic heterocycles. The summed E-state index contributed by atoms with van der Waals surface area (Å²) in [4.78, 5) is 11.9. The van der Waals surface area contributed by atoms with Crippen LogP contribution in [0.1, 0.15) is 20.8 Å². The van der Waals surface area contributed by atoms with Crippen molar-refractivity contribution in [3.05, 3.63) is 46.3 Å². The van der Waals surface area contributed by atoms with Crippen molar-refractivity contribution in [2.75, 3.05) is 11.8 Å². The summed E-state index contributed by atoms with van der Waals surface area (Å²) in [5, 5.41) is 0.372. The largest absolute Gasteiger partial charge is 0.465 e. The molecule has 2 rings (SSSR count). The number of sulfonamides is 1. The first-order valence-corrected chi connectivity index (χ1v) is 8.41. The molecule has 1 heterocycles. The zero-order chi connectivity index (χ0) is 15.6. The SMILES string of the molecule is COC(=O)c1ccc(NS(=O)(=O)c2cc(C)ccc2C)s1. The smallest absolute Gasteiger partial charge is 0.348 e. The lowest BCUT2D eigenvalue weighted by Crippen LogP contribution is -2.13. The highest BCUT2D eigenvalue weighted by Crippen LogP contribution is 2.26. The van der Waals surface area contributed by atoms with E-state index < -0.39 is 16.0 Å². The maximum absolute atomic E-state index is 12.4. The van der Waals surface area contributed by atoms with Gasteiger partial charge in [0, 0.05) is 0 Å². The molecule has 0 aliphatic heterocycles. The summed E-state index contributed by atoms with van der Waals surface area (Å²) in [5.41, 5.74) is 1.53. The molecule has 21 heavy (non-hydrogen) atoms. The van der Waals surface area contributed by atoms with Crippen LogP contribution >= 0.6 is 11.3 Å². The number of anilines is 1. The summed E-state index contributed by atoms with van der Waals surface area (Å²) < 4.78 is 31.9. The highest BCUT2D eigenvalue weighted by Gasteiger charge is 2.19. The molecule has 5 nitrogen and oxygen atoms in total. The van der Waals surface area contributed by atoms with Crippen LogP contribution in [-0.4, -0.2) is 21.5 Å². The van der Waals surface area contributed by atoms with Gasteiger partial charge in [-0.05, 0) is 43.2 Å². The maximum Gasteiger partial charge on any atom is 0.348 e. The summed E-state index contributed by atoms with van der Waals surface area (Å²) in [5.74, 6) is -0.489. The van der Waals surface area contributed by atoms with E-state index in [9.17, 15) is 13.2 Å². The molecule has 112 valence electrons. The summed E-state index contributed by atoms with van der Waals surface area (Å²) in [7, 11) is -2.40. The molecular formula is C14H15NO4S2. The fourth-order valence-electron chi connectivity index (χ4n) is 1.79. The fraction of sp³-hybridized carbons (Fsp3) is 0.214. The van der Waals surface area contributed by atoms with Crippen molar-refractivity contribution in [1.29, 1.82) is 0 Å². The van der Waals surface area contributed by atoms with E-state index in [-0.39, 0.29) is 4.90 Å². The number of methoxy groups -OCH3 is 1. The Kier molecular flexibility index (Phi) is 4.34. The van der Waals surface area contributed by atoms with Crippen molar-refractivity contribution in [3.8, 4) is 0 Å². The number of esters is 1. The Morgan fingerprint density at radius 3 is 2.57 bits per heavy atom. The molecule has 0 aliphatic rings. The van der Waals surface area contributed by atoms with Gasteiger partial charge in [0.2, 0.25) is 0 Å². The number of benzene rings is 1. The maximum atomic E-state index is 12.4. The minimum Gasteiger partial charge on any atom is -0.465 e. The molecule has 7 heteroatoms. The predicted octanol–water partition coefficient (Wildman–Crippen LogP) is 2.95. The Labute approximate surface area is 127 Å². The van der Waals surface area contributed by atoms with E-state index in [1.165, 1.54) is 13.2 Å². The number of hydrogen-bond acceptors (Lipinski definition) is 5. The molecule has 0 radical (unpaired) electrons. The Morgan fingerprint density at radius 2 is 1.90 bits per heavy atom. The van der Waals surface area contributed by atoms with Crippen LogP contribution in [0.15, 0.2) is 35.2 Å². The van der Waals surface area contributed by atoms with Gasteiger partial charge in [-0.2, -0.15) is 0 Å². The molecule has 0 fully saturated rings. The third-order valence-corrected chi connectivity index (χ3v) is 5.48. The van der Waals surface area contributed by atoms with E-state index in [0.29, 0.717) is 15.4 Å². The van der Waals surface area contributed by atoms with E-state index in [4.69, 9.17) is 0 Å². The number of nitrogens with one attached hydrogen (secondary N) is 1. The standard InChI is InChI=1S/C14H15NO4S2/c1-9-4-5-10(2)12(8-9)21(17,18)15-13-7-6-11(20-13)14(16)19-3/h4-8,15H,1-3H3. The number of carbonyl (C=O) groups is 1. The normalized spacial score (nSPS) is 11.2. The van der Waals surface area contributed by atoms with Crippen molar-refractivity contribution in [3.63, 3.8) is 0 Å². The first-order valence-electron chi connectivity index (χ1n) is 6.12. The van der Waals surface area contributed by atoms with Crippen molar-refractivity contribution in [2.24, 2.45) is 0 Å². The molecule has 1 aromatic carbocycles. The Hall–Kier alpha value is -1.86. The minimum absolute atomic E-state index is 0.232. The van der Waals surface area contributed by atoms with Gasteiger partial charge in [-0.15, -0.1) is 11.3 Å². The fourth-order valence-corrected chi connectivity index (χ4v) is 4.23. The third kappa shape index (κ3) is 3.43. The van der Waals surface area contributed by atoms with Crippen molar-refractivity contribution >= 4 is 32.3 Å². The van der Waals surface area contributed by atoms with Gasteiger partial charge in [0.1, 0.15) is 9.88 Å². The average Bonchev–Trinajstić information content (AvgIpc) is 2.88. The third-order valence-electron chi connectivity index (χ3n) is 2.86. The molecule has 0 atom stereocenters. The molecule has 2 aromatic rings. The first kappa shape index (κ1) is 15.5. The highest BCUT2D eigenvalue weighted by atomic mass is 32.2. The lowest BCUT2D eigenvalue weighted by Gasteiger charge is -2.09. The zero-order valence-corrected chi connectivity index (χ0v) is 13.5. The van der Waals surface area contributed by atoms with Crippen molar-refractivity contribution < 1.29 is 17.9 Å². The van der Waals surface area contributed by atoms with Crippen LogP contribution in [0, 0.1) is 13.8 Å². The second-order valence-electron chi connectivity index (χ2n) is 4.53. The summed E-state index contributed by atoms with van der Waals surface area (Å²) in [6.07, 6.45) is 0. The minimum atomic E-state index is -3.68. The molecular weight excluding hydrogens is 310 g/mol. The Balaban J connectivity index is 2.31. The molecule has 0 unspecified atom stereocenters. The number of ether oxygens (including phenoxy) is 1. The van der Waals surface area contributed by atoms with Crippen LogP contribution in [0.3, 0.4) is 0 Å². The molecule has 0 saturated carbocycles. The van der Waals surface area contributed by atoms with Crippen molar-refractivity contribution in [2.45, 2.75) is 18.7 Å². The molecule has 0 saturated heterocycles. The van der Waals surface area contributed by atoms with Crippen LogP contribution < -0.4 is 4.72 Å². The molecule has 1 N–H and O–H groups in total. The molecule has 0 spiro atoms. The Bertz CT molecular complexity index is 778. The number of rotatable bonds is 4. The van der Waals surface area contributed by atoms with Gasteiger partial charge in [0.05, 0.1) is 12.0 Å². The van der Waals surface area contributed by atoms with E-state index in [1.54, 1.807) is 25.1 Å². The lowest BCUT2D eigenvalue weighted by molar-refractivity contribution is 0.0606. The second-order valence-corrected chi connectivity index (χ2v) is 7.26. The van der Waals surface area contributed by atoms with Crippen LogP contribution in [0.5, 0.6) is 0 Å². The number of carbonyl (C=O) groups excluding carboxylic acids is 1. The van der Waals surface area contributed by atoms with Gasteiger partial charge in [-0.25, -0.2) is 13.2 Å². The van der Waals surface area contributed by atoms with E-state index >= 15 is 0 Å². The quantitative estimate of drug-likeness (QED) is 0.877. The van der Waals surface area contributed by atoms with Gasteiger partial charge in [-0.3, -0.25) is 4.72 Å². The van der Waals surface area contributed by atoms with Gasteiger partial charge < -0.3 is 4.74 Å². The summed E-state index contributed by atoms with van der Waals surface area (Å²) >= 11 is 1.03. The van der Waals surface area contributed by atoms with Gasteiger partial charge >= 0.3 is 5.97 Å². The zero-order valence-electron chi connectivity index (χ0n) is 11.8. The van der Waals surface area contributed by atoms with Gasteiger partial charge in [0.25, 0.3) is 10.0 Å². The monoisotopic (exact) mass is 325 g/mol. The Morgan fingerprint density at radius 1 is 1.19 bits per heavy atom. The van der Waals surface area contributed by atoms with Crippen LogP contribution in [-0.2, 0) is 14.8 Å². The highest BCUT2D eigenvalue weighted by molar-refractivity contribution is 7.93. The first-order chi connectivity index (χ1) is 9.83. The van der Waals surface area contributed by atoms with Crippen LogP contribution in [0.2, 0.25) is 0 Å². The van der Waals surface area contributed by atoms with E-state index in [1.807, 2.05) is 13.0 Å². The lowest BCUT2D eigenvalue weighted by atomic mass is 10.2. The average molecular weight is 325 g/mol. The number of thiophene rings is 1. The topological polar surface area (TPSA) is 72.5 Å². The predicted molar refractivity (Wildman–Crippen MR) is 82.4 cm³/mol. The van der Waals surface area contributed by atoms with E-state index in [2.05, 4.69) is 9.46 Å². The second kappa shape index (κ2) is 5.87. The number of aryl methyl sites for hydroxylation is 2.